The maximum absolute atomic E-state index is 13.4. The summed E-state index contributed by atoms with van der Waals surface area (Å²) in [7, 11) is 0. The Labute approximate surface area is 243 Å². The number of aliphatic hydroxyl groups excluding tert-OH is 1. The van der Waals surface area contributed by atoms with Crippen molar-refractivity contribution in [2.45, 2.75) is 23.1 Å². The van der Waals surface area contributed by atoms with Gasteiger partial charge in [0.1, 0.15) is 0 Å². The van der Waals surface area contributed by atoms with Crippen LogP contribution in [0.3, 0.4) is 0 Å². The Morgan fingerprint density at radius 2 is 1.79 bits per heavy atom. The van der Waals surface area contributed by atoms with Gasteiger partial charge in [-0.3, -0.25) is 14.5 Å². The lowest BCUT2D eigenvalue weighted by Gasteiger charge is -2.24. The van der Waals surface area contributed by atoms with E-state index in [1.807, 2.05) is 49.4 Å². The van der Waals surface area contributed by atoms with E-state index in [0.717, 1.165) is 11.1 Å². The number of carbonyl (C=O) groups excluding carboxylic acids is 2. The summed E-state index contributed by atoms with van der Waals surface area (Å²) >= 11 is 15.1. The van der Waals surface area contributed by atoms with Crippen molar-refractivity contribution in [3.8, 4) is 0 Å². The summed E-state index contributed by atoms with van der Waals surface area (Å²) < 4.78 is 0.648. The molecule has 196 valence electrons. The highest BCUT2D eigenvalue weighted by Gasteiger charge is 2.45. The van der Waals surface area contributed by atoms with E-state index in [2.05, 4.69) is 22.3 Å². The van der Waals surface area contributed by atoms with E-state index in [1.54, 1.807) is 24.3 Å². The normalized spacial score (nSPS) is 15.5. The number of aliphatic hydroxyl groups is 1. The first-order chi connectivity index (χ1) is 18.8. The zero-order valence-electron chi connectivity index (χ0n) is 20.5. The number of halogens is 2. The fourth-order valence-corrected chi connectivity index (χ4v) is 6.20. The summed E-state index contributed by atoms with van der Waals surface area (Å²) in [6.07, 6.45) is 2.97. The molecule has 5 rings (SSSR count). The van der Waals surface area contributed by atoms with Crippen LogP contribution >= 0.6 is 46.3 Å². The van der Waals surface area contributed by atoms with Gasteiger partial charge in [0.05, 0.1) is 21.7 Å². The molecular weight excluding hydrogens is 573 g/mol. The van der Waals surface area contributed by atoms with Crippen molar-refractivity contribution in [3.63, 3.8) is 0 Å². The summed E-state index contributed by atoms with van der Waals surface area (Å²) in [5.41, 5.74) is 3.54. The first-order valence-electron chi connectivity index (χ1n) is 11.8. The van der Waals surface area contributed by atoms with Gasteiger partial charge < -0.3 is 5.11 Å². The number of nitrogens with zero attached hydrogens (tertiary/aromatic N) is 3. The zero-order valence-corrected chi connectivity index (χ0v) is 23.7. The van der Waals surface area contributed by atoms with Gasteiger partial charge in [-0.25, -0.2) is 0 Å². The quantitative estimate of drug-likeness (QED) is 0.128. The maximum atomic E-state index is 13.4. The molecule has 1 aliphatic heterocycles. The van der Waals surface area contributed by atoms with Gasteiger partial charge >= 0.3 is 0 Å². The van der Waals surface area contributed by atoms with Crippen molar-refractivity contribution in [1.82, 2.24) is 10.2 Å². The van der Waals surface area contributed by atoms with Crippen LogP contribution in [0.15, 0.2) is 94.5 Å². The average molecular weight is 595 g/mol. The van der Waals surface area contributed by atoms with Gasteiger partial charge in [0.15, 0.2) is 15.9 Å². The van der Waals surface area contributed by atoms with Crippen LogP contribution in [-0.4, -0.2) is 27.0 Å². The Hall–Kier alpha value is -3.43. The Morgan fingerprint density at radius 3 is 2.51 bits per heavy atom. The zero-order chi connectivity index (χ0) is 27.5. The van der Waals surface area contributed by atoms with Gasteiger partial charge in [-0.15, -0.1) is 10.2 Å². The molecule has 0 spiro atoms. The number of ketones is 1. The number of anilines is 1. The molecule has 0 fully saturated rings. The van der Waals surface area contributed by atoms with Crippen molar-refractivity contribution < 1.29 is 14.7 Å². The van der Waals surface area contributed by atoms with Crippen molar-refractivity contribution in [2.75, 3.05) is 4.90 Å². The summed E-state index contributed by atoms with van der Waals surface area (Å²) in [5.74, 6) is -1.22. The van der Waals surface area contributed by atoms with Crippen molar-refractivity contribution >= 4 is 69.2 Å². The van der Waals surface area contributed by atoms with Crippen LogP contribution in [0, 0.1) is 6.92 Å². The maximum Gasteiger partial charge on any atom is 0.296 e. The number of benzene rings is 3. The standard InChI is InChI=1S/C29H21Cl2N3O3S2/c1-17-7-9-19(10-8-17)16-38-29-33-32-28(39-29)34-25(20-12-13-21(30)22(31)15-20)24(26(36)27(34)37)23(35)14-11-18-5-3-2-4-6-18/h2-15,25,36H,16H2,1H3/b14-11+. The second-order valence-electron chi connectivity index (χ2n) is 8.75. The Bertz CT molecular complexity index is 1600. The van der Waals surface area contributed by atoms with Gasteiger partial charge in [-0.05, 0) is 41.8 Å². The molecule has 10 heteroatoms. The van der Waals surface area contributed by atoms with Crippen molar-refractivity contribution in [2.24, 2.45) is 0 Å². The lowest BCUT2D eigenvalue weighted by atomic mass is 9.96. The summed E-state index contributed by atoms with van der Waals surface area (Å²) in [5, 5.41) is 20.2. The molecule has 3 aromatic carbocycles. The first kappa shape index (κ1) is 27.1. The average Bonchev–Trinajstić information content (AvgIpc) is 3.51. The molecule has 4 aromatic rings. The number of carbonyl (C=O) groups is 2. The number of hydrogen-bond donors (Lipinski definition) is 1. The molecule has 6 nitrogen and oxygen atoms in total. The second kappa shape index (κ2) is 11.8. The highest BCUT2D eigenvalue weighted by Crippen LogP contribution is 2.44. The number of aryl methyl sites for hydroxylation is 1. The smallest absolute Gasteiger partial charge is 0.296 e. The lowest BCUT2D eigenvalue weighted by Crippen LogP contribution is -2.30. The fourth-order valence-electron chi connectivity index (χ4n) is 4.07. The molecule has 39 heavy (non-hydrogen) atoms. The van der Waals surface area contributed by atoms with Crippen LogP contribution in [-0.2, 0) is 15.3 Å². The van der Waals surface area contributed by atoms with Gasteiger partial charge in [-0.1, -0.05) is 119 Å². The molecule has 0 radical (unpaired) electrons. The van der Waals surface area contributed by atoms with E-state index in [9.17, 15) is 14.7 Å². The number of rotatable bonds is 8. The van der Waals surface area contributed by atoms with Crippen LogP contribution < -0.4 is 4.90 Å². The number of allylic oxidation sites excluding steroid dienone is 1. The van der Waals surface area contributed by atoms with Gasteiger partial charge in [-0.2, -0.15) is 0 Å². The predicted octanol–water partition coefficient (Wildman–Crippen LogP) is 7.63. The minimum absolute atomic E-state index is 0.0744. The molecule has 1 aromatic heterocycles. The van der Waals surface area contributed by atoms with Gasteiger partial charge in [0, 0.05) is 5.75 Å². The molecule has 1 N–H and O–H groups in total. The van der Waals surface area contributed by atoms with Crippen LogP contribution in [0.5, 0.6) is 0 Å². The fraction of sp³-hybridized carbons (Fsp3) is 0.103. The molecule has 1 unspecified atom stereocenters. The third kappa shape index (κ3) is 5.94. The van der Waals surface area contributed by atoms with Crippen molar-refractivity contribution in [3.05, 3.63) is 123 Å². The van der Waals surface area contributed by atoms with E-state index in [1.165, 1.54) is 39.6 Å². The molecular formula is C29H21Cl2N3O3S2. The molecule has 0 saturated heterocycles. The van der Waals surface area contributed by atoms with E-state index in [4.69, 9.17) is 23.2 Å². The first-order valence-corrected chi connectivity index (χ1v) is 14.4. The topological polar surface area (TPSA) is 83.4 Å². The highest BCUT2D eigenvalue weighted by molar-refractivity contribution is 8.00. The van der Waals surface area contributed by atoms with Crippen molar-refractivity contribution in [1.29, 1.82) is 0 Å². The third-order valence-corrected chi connectivity index (χ3v) is 8.91. The van der Waals surface area contributed by atoms with Crippen LogP contribution in [0.25, 0.3) is 6.08 Å². The Morgan fingerprint density at radius 1 is 1.05 bits per heavy atom. The monoisotopic (exact) mass is 593 g/mol. The lowest BCUT2D eigenvalue weighted by molar-refractivity contribution is -0.117. The third-order valence-electron chi connectivity index (χ3n) is 6.04. The van der Waals surface area contributed by atoms with Crippen LogP contribution in [0.4, 0.5) is 5.13 Å². The molecule has 1 amide bonds. The Balaban J connectivity index is 1.47. The van der Waals surface area contributed by atoms with Crippen LogP contribution in [0.2, 0.25) is 10.0 Å². The predicted molar refractivity (Wildman–Crippen MR) is 157 cm³/mol. The molecule has 0 aliphatic carbocycles. The number of aromatic nitrogens is 2. The summed E-state index contributed by atoms with van der Waals surface area (Å²) in [6, 6.07) is 21.3. The highest BCUT2D eigenvalue weighted by atomic mass is 35.5. The van der Waals surface area contributed by atoms with Gasteiger partial charge in [0.25, 0.3) is 5.91 Å². The van der Waals surface area contributed by atoms with E-state index >= 15 is 0 Å². The summed E-state index contributed by atoms with van der Waals surface area (Å²) in [6.45, 7) is 2.03. The summed E-state index contributed by atoms with van der Waals surface area (Å²) in [4.78, 5) is 28.0. The largest absolute Gasteiger partial charge is 0.503 e. The molecule has 0 bridgehead atoms. The van der Waals surface area contributed by atoms with Gasteiger partial charge in [0.2, 0.25) is 5.13 Å². The van der Waals surface area contributed by atoms with E-state index in [-0.39, 0.29) is 15.7 Å². The number of hydrogen-bond acceptors (Lipinski definition) is 7. The SMILES string of the molecule is Cc1ccc(CSc2nnc(N3C(=O)C(O)=C(C(=O)/C=C/c4ccccc4)C3c3ccc(Cl)c(Cl)c3)s2)cc1. The molecule has 1 atom stereocenters. The van der Waals surface area contributed by atoms with E-state index < -0.39 is 23.5 Å². The number of thioether (sulfide) groups is 1. The minimum Gasteiger partial charge on any atom is -0.503 e. The Kier molecular flexibility index (Phi) is 8.18. The minimum atomic E-state index is -0.969. The number of amides is 1. The molecule has 0 saturated carbocycles. The van der Waals surface area contributed by atoms with Crippen LogP contribution in [0.1, 0.15) is 28.3 Å². The molecule has 2 heterocycles. The molecule has 1 aliphatic rings. The second-order valence-corrected chi connectivity index (χ2v) is 11.7. The van der Waals surface area contributed by atoms with E-state index in [0.29, 0.717) is 20.7 Å².